The summed E-state index contributed by atoms with van der Waals surface area (Å²) in [4.78, 5) is 28.7. The molecule has 3 rings (SSSR count). The van der Waals surface area contributed by atoms with Crippen LogP contribution in [0.15, 0.2) is 48.5 Å². The molecule has 36 heavy (non-hydrogen) atoms. The smallest absolute Gasteiger partial charge is 0.317 e. The lowest BCUT2D eigenvalue weighted by molar-refractivity contribution is 0.193. The number of carbonyl (C=O) groups is 2. The SMILES string of the molecule is COc1ccccc1CN(C)C(=O)NC[C@@H]1CCC[C@@H](CNC(=O)N(C)Cc2ccccc2OC)C1. The highest BCUT2D eigenvalue weighted by atomic mass is 16.5. The quantitative estimate of drug-likeness (QED) is 0.508. The Kier molecular flexibility index (Phi) is 10.3. The van der Waals surface area contributed by atoms with E-state index in [0.29, 0.717) is 38.0 Å². The number of urea groups is 2. The Bertz CT molecular complexity index is 922. The van der Waals surface area contributed by atoms with Crippen LogP contribution in [-0.4, -0.2) is 63.3 Å². The fraction of sp³-hybridized carbons (Fsp3) is 0.500. The van der Waals surface area contributed by atoms with Crippen LogP contribution in [0.4, 0.5) is 9.59 Å². The van der Waals surface area contributed by atoms with Gasteiger partial charge in [0.1, 0.15) is 11.5 Å². The Morgan fingerprint density at radius 3 is 1.61 bits per heavy atom. The number of carbonyl (C=O) groups excluding carboxylic acids is 2. The first-order valence-electron chi connectivity index (χ1n) is 12.6. The van der Waals surface area contributed by atoms with E-state index in [9.17, 15) is 9.59 Å². The molecule has 1 saturated carbocycles. The number of nitrogens with zero attached hydrogens (tertiary/aromatic N) is 2. The number of para-hydroxylation sites is 2. The molecule has 1 fully saturated rings. The molecule has 0 heterocycles. The minimum atomic E-state index is -0.0886. The minimum Gasteiger partial charge on any atom is -0.496 e. The van der Waals surface area contributed by atoms with Gasteiger partial charge < -0.3 is 29.9 Å². The third kappa shape index (κ3) is 7.80. The third-order valence-corrected chi connectivity index (χ3v) is 6.87. The monoisotopic (exact) mass is 496 g/mol. The summed E-state index contributed by atoms with van der Waals surface area (Å²) in [6.45, 7) is 2.26. The Hall–Kier alpha value is -3.42. The zero-order valence-electron chi connectivity index (χ0n) is 22.0. The second kappa shape index (κ2) is 13.6. The van der Waals surface area contributed by atoms with Gasteiger partial charge in [0.25, 0.3) is 0 Å². The zero-order chi connectivity index (χ0) is 25.9. The molecular formula is C28H40N4O4. The van der Waals surface area contributed by atoms with Crippen LogP contribution < -0.4 is 20.1 Å². The lowest BCUT2D eigenvalue weighted by Crippen LogP contribution is -2.42. The van der Waals surface area contributed by atoms with Gasteiger partial charge in [0.2, 0.25) is 0 Å². The van der Waals surface area contributed by atoms with Crippen molar-refractivity contribution in [3.8, 4) is 11.5 Å². The Labute approximate surface area is 214 Å². The van der Waals surface area contributed by atoms with Crippen molar-refractivity contribution < 1.29 is 19.1 Å². The van der Waals surface area contributed by atoms with Crippen LogP contribution in [0.5, 0.6) is 11.5 Å². The number of ether oxygens (including phenoxy) is 2. The number of methoxy groups -OCH3 is 2. The summed E-state index contributed by atoms with van der Waals surface area (Å²) in [5.41, 5.74) is 1.95. The molecule has 1 aliphatic rings. The summed E-state index contributed by atoms with van der Waals surface area (Å²) in [5.74, 6) is 2.39. The first kappa shape index (κ1) is 27.2. The van der Waals surface area contributed by atoms with Gasteiger partial charge in [0.05, 0.1) is 27.3 Å². The van der Waals surface area contributed by atoms with Crippen LogP contribution in [0.3, 0.4) is 0 Å². The number of hydrogen-bond acceptors (Lipinski definition) is 4. The van der Waals surface area contributed by atoms with Crippen molar-refractivity contribution in [3.63, 3.8) is 0 Å². The molecule has 0 bridgehead atoms. The summed E-state index contributed by atoms with van der Waals surface area (Å²) >= 11 is 0. The average Bonchev–Trinajstić information content (AvgIpc) is 2.91. The van der Waals surface area contributed by atoms with Crippen molar-refractivity contribution in [3.05, 3.63) is 59.7 Å². The molecule has 196 valence electrons. The molecule has 2 atom stereocenters. The van der Waals surface area contributed by atoms with Crippen molar-refractivity contribution in [2.24, 2.45) is 11.8 Å². The van der Waals surface area contributed by atoms with E-state index >= 15 is 0 Å². The maximum atomic E-state index is 12.7. The van der Waals surface area contributed by atoms with Crippen LogP contribution >= 0.6 is 0 Å². The Morgan fingerprint density at radius 2 is 1.19 bits per heavy atom. The van der Waals surface area contributed by atoms with Crippen LogP contribution in [0.2, 0.25) is 0 Å². The van der Waals surface area contributed by atoms with Crippen molar-refractivity contribution in [1.82, 2.24) is 20.4 Å². The molecule has 8 nitrogen and oxygen atoms in total. The highest BCUT2D eigenvalue weighted by Gasteiger charge is 2.24. The van der Waals surface area contributed by atoms with Crippen LogP contribution in [0, 0.1) is 11.8 Å². The van der Waals surface area contributed by atoms with Gasteiger partial charge in [-0.1, -0.05) is 42.8 Å². The van der Waals surface area contributed by atoms with Crippen molar-refractivity contribution in [2.45, 2.75) is 38.8 Å². The average molecular weight is 497 g/mol. The molecule has 0 saturated heterocycles. The van der Waals surface area contributed by atoms with E-state index in [1.165, 1.54) is 0 Å². The predicted octanol–water partition coefficient (Wildman–Crippen LogP) is 4.49. The molecule has 0 spiro atoms. The summed E-state index contributed by atoms with van der Waals surface area (Å²) in [6, 6.07) is 15.3. The van der Waals surface area contributed by atoms with E-state index in [-0.39, 0.29) is 12.1 Å². The molecule has 0 aliphatic heterocycles. The first-order chi connectivity index (χ1) is 17.4. The maximum absolute atomic E-state index is 12.7. The van der Waals surface area contributed by atoms with E-state index < -0.39 is 0 Å². The molecule has 0 aromatic heterocycles. The second-order valence-electron chi connectivity index (χ2n) is 9.61. The molecule has 2 N–H and O–H groups in total. The third-order valence-electron chi connectivity index (χ3n) is 6.87. The van der Waals surface area contributed by atoms with Gasteiger partial charge in [-0.15, -0.1) is 0 Å². The number of nitrogens with one attached hydrogen (secondary N) is 2. The fourth-order valence-electron chi connectivity index (χ4n) is 4.83. The van der Waals surface area contributed by atoms with Gasteiger partial charge in [-0.05, 0) is 43.2 Å². The largest absolute Gasteiger partial charge is 0.496 e. The summed E-state index contributed by atoms with van der Waals surface area (Å²) in [5, 5.41) is 6.18. The molecule has 0 unspecified atom stereocenters. The summed E-state index contributed by atoms with van der Waals surface area (Å²) in [6.07, 6.45) is 4.28. The topological polar surface area (TPSA) is 83.1 Å². The van der Waals surface area contributed by atoms with Gasteiger partial charge in [0, 0.05) is 38.3 Å². The Balaban J connectivity index is 1.40. The van der Waals surface area contributed by atoms with Crippen LogP contribution in [0.1, 0.15) is 36.8 Å². The highest BCUT2D eigenvalue weighted by Crippen LogP contribution is 2.28. The number of hydrogen-bond donors (Lipinski definition) is 2. The highest BCUT2D eigenvalue weighted by molar-refractivity contribution is 5.74. The summed E-state index contributed by atoms with van der Waals surface area (Å²) in [7, 11) is 6.86. The fourth-order valence-corrected chi connectivity index (χ4v) is 4.83. The van der Waals surface area contributed by atoms with Gasteiger partial charge in [-0.25, -0.2) is 9.59 Å². The number of amides is 4. The number of benzene rings is 2. The van der Waals surface area contributed by atoms with E-state index in [0.717, 1.165) is 48.3 Å². The number of rotatable bonds is 10. The van der Waals surface area contributed by atoms with Gasteiger partial charge in [-0.3, -0.25) is 0 Å². The summed E-state index contributed by atoms with van der Waals surface area (Å²) < 4.78 is 10.8. The van der Waals surface area contributed by atoms with Gasteiger partial charge in [-0.2, -0.15) is 0 Å². The first-order valence-corrected chi connectivity index (χ1v) is 12.6. The normalized spacial score (nSPS) is 17.1. The van der Waals surface area contributed by atoms with E-state index in [1.807, 2.05) is 48.5 Å². The maximum Gasteiger partial charge on any atom is 0.317 e. The standard InChI is InChI=1S/C28H40N4O4/c1-31(19-23-12-5-7-14-25(23)35-3)27(33)29-17-21-10-9-11-22(16-21)18-30-28(34)32(2)20-24-13-6-8-15-26(24)36-4/h5-8,12-15,21-22H,9-11,16-20H2,1-4H3,(H,29,33)(H,30,34)/t21-,22-/m1/s1. The lowest BCUT2D eigenvalue weighted by Gasteiger charge is -2.30. The molecule has 2 aromatic carbocycles. The van der Waals surface area contributed by atoms with E-state index in [4.69, 9.17) is 9.47 Å². The van der Waals surface area contributed by atoms with Crippen LogP contribution in [0.25, 0.3) is 0 Å². The predicted molar refractivity (Wildman–Crippen MR) is 141 cm³/mol. The molecule has 8 heteroatoms. The molecule has 1 aliphatic carbocycles. The van der Waals surface area contributed by atoms with E-state index in [2.05, 4.69) is 10.6 Å². The Morgan fingerprint density at radius 1 is 0.778 bits per heavy atom. The van der Waals surface area contributed by atoms with Crippen LogP contribution in [-0.2, 0) is 13.1 Å². The van der Waals surface area contributed by atoms with Gasteiger partial charge in [0.15, 0.2) is 0 Å². The second-order valence-corrected chi connectivity index (χ2v) is 9.61. The van der Waals surface area contributed by atoms with E-state index in [1.54, 1.807) is 38.1 Å². The van der Waals surface area contributed by atoms with Crippen molar-refractivity contribution >= 4 is 12.1 Å². The molecular weight excluding hydrogens is 456 g/mol. The molecule has 0 radical (unpaired) electrons. The lowest BCUT2D eigenvalue weighted by atomic mass is 9.81. The van der Waals surface area contributed by atoms with Crippen molar-refractivity contribution in [2.75, 3.05) is 41.4 Å². The van der Waals surface area contributed by atoms with Crippen molar-refractivity contribution in [1.29, 1.82) is 0 Å². The zero-order valence-corrected chi connectivity index (χ0v) is 22.0. The minimum absolute atomic E-state index is 0.0886. The molecule has 4 amide bonds. The van der Waals surface area contributed by atoms with Gasteiger partial charge >= 0.3 is 12.1 Å². The molecule has 2 aromatic rings.